The van der Waals surface area contributed by atoms with E-state index in [4.69, 9.17) is 5.11 Å². The Morgan fingerprint density at radius 2 is 2.14 bits per heavy atom. The summed E-state index contributed by atoms with van der Waals surface area (Å²) in [5, 5.41) is 12.5. The van der Waals surface area contributed by atoms with Crippen LogP contribution >= 0.6 is 11.3 Å². The van der Waals surface area contributed by atoms with Crippen LogP contribution < -0.4 is 5.32 Å². The topological polar surface area (TPSA) is 32.3 Å². The molecule has 80 valence electrons. The molecule has 0 saturated heterocycles. The third-order valence-corrected chi connectivity index (χ3v) is 3.34. The van der Waals surface area contributed by atoms with Crippen LogP contribution in [0.1, 0.15) is 23.6 Å². The van der Waals surface area contributed by atoms with Crippen LogP contribution in [0.4, 0.5) is 0 Å². The molecule has 14 heavy (non-hydrogen) atoms. The molecule has 0 aliphatic carbocycles. The van der Waals surface area contributed by atoms with Gasteiger partial charge in [0.2, 0.25) is 0 Å². The normalized spacial score (nSPS) is 13.5. The van der Waals surface area contributed by atoms with Gasteiger partial charge in [-0.25, -0.2) is 0 Å². The first kappa shape index (κ1) is 11.7. The molecule has 0 spiro atoms. The highest BCUT2D eigenvalue weighted by molar-refractivity contribution is 7.11. The minimum Gasteiger partial charge on any atom is -0.395 e. The molecule has 1 aromatic heterocycles. The number of aliphatic hydroxyl groups excluding tert-OH is 1. The van der Waals surface area contributed by atoms with Crippen molar-refractivity contribution < 1.29 is 5.11 Å². The minimum absolute atomic E-state index is 0.206. The maximum atomic E-state index is 9.12. The summed E-state index contributed by atoms with van der Waals surface area (Å²) in [7, 11) is 0. The molecule has 1 heterocycles. The Balaban J connectivity index is 2.39. The molecule has 1 unspecified atom stereocenters. The molecule has 2 nitrogen and oxygen atoms in total. The van der Waals surface area contributed by atoms with Crippen molar-refractivity contribution >= 4 is 11.3 Å². The van der Waals surface area contributed by atoms with Gasteiger partial charge in [-0.2, -0.15) is 0 Å². The number of aliphatic hydroxyl groups is 1. The molecule has 0 aliphatic heterocycles. The number of thiophene rings is 1. The summed E-state index contributed by atoms with van der Waals surface area (Å²) in [4.78, 5) is 2.67. The quantitative estimate of drug-likeness (QED) is 0.785. The number of hydrogen-bond acceptors (Lipinski definition) is 3. The van der Waals surface area contributed by atoms with Crippen LogP contribution in [0.2, 0.25) is 0 Å². The summed E-state index contributed by atoms with van der Waals surface area (Å²) < 4.78 is 0. The Kier molecular flexibility index (Phi) is 4.58. The van der Waals surface area contributed by atoms with E-state index < -0.39 is 0 Å². The van der Waals surface area contributed by atoms with Crippen LogP contribution in [0.5, 0.6) is 0 Å². The van der Waals surface area contributed by atoms with Gasteiger partial charge in [-0.15, -0.1) is 11.3 Å². The third-order valence-electron chi connectivity index (χ3n) is 2.34. The summed E-state index contributed by atoms with van der Waals surface area (Å²) in [6.45, 7) is 7.42. The maximum absolute atomic E-state index is 9.12. The third kappa shape index (κ3) is 3.40. The zero-order valence-electron chi connectivity index (χ0n) is 9.08. The minimum atomic E-state index is 0.206. The highest BCUT2D eigenvalue weighted by atomic mass is 32.1. The second-order valence-corrected chi connectivity index (χ2v) is 5.30. The van der Waals surface area contributed by atoms with E-state index in [1.165, 1.54) is 9.75 Å². The van der Waals surface area contributed by atoms with E-state index in [-0.39, 0.29) is 12.6 Å². The van der Waals surface area contributed by atoms with E-state index in [9.17, 15) is 0 Å². The lowest BCUT2D eigenvalue weighted by Gasteiger charge is -2.19. The highest BCUT2D eigenvalue weighted by Crippen LogP contribution is 2.15. The first-order valence-electron chi connectivity index (χ1n) is 5.03. The van der Waals surface area contributed by atoms with E-state index in [2.05, 4.69) is 38.2 Å². The predicted octanol–water partition coefficient (Wildman–Crippen LogP) is 2.16. The van der Waals surface area contributed by atoms with E-state index in [1.54, 1.807) is 0 Å². The van der Waals surface area contributed by atoms with Gasteiger partial charge in [0.25, 0.3) is 0 Å². The largest absolute Gasteiger partial charge is 0.395 e. The van der Waals surface area contributed by atoms with Crippen molar-refractivity contribution in [2.24, 2.45) is 5.92 Å². The van der Waals surface area contributed by atoms with Gasteiger partial charge in [-0.3, -0.25) is 0 Å². The summed E-state index contributed by atoms with van der Waals surface area (Å²) in [5.41, 5.74) is 0. The van der Waals surface area contributed by atoms with Crippen LogP contribution in [-0.2, 0) is 6.54 Å². The van der Waals surface area contributed by atoms with E-state index >= 15 is 0 Å². The van der Waals surface area contributed by atoms with Crippen LogP contribution in [0.25, 0.3) is 0 Å². The smallest absolute Gasteiger partial charge is 0.0587 e. The molecular weight excluding hydrogens is 194 g/mol. The molecular formula is C11H19NOS. The second-order valence-electron chi connectivity index (χ2n) is 3.93. The zero-order valence-corrected chi connectivity index (χ0v) is 9.90. The monoisotopic (exact) mass is 213 g/mol. The molecule has 1 aromatic rings. The molecule has 2 N–H and O–H groups in total. The lowest BCUT2D eigenvalue weighted by molar-refractivity contribution is 0.210. The van der Waals surface area contributed by atoms with Gasteiger partial charge in [0.15, 0.2) is 0 Å². The fourth-order valence-corrected chi connectivity index (χ4v) is 2.16. The Labute approximate surface area is 90.0 Å². The van der Waals surface area contributed by atoms with Crippen molar-refractivity contribution in [3.8, 4) is 0 Å². The predicted molar refractivity (Wildman–Crippen MR) is 61.6 cm³/mol. The van der Waals surface area contributed by atoms with Gasteiger partial charge in [0, 0.05) is 22.3 Å². The van der Waals surface area contributed by atoms with Gasteiger partial charge < -0.3 is 10.4 Å². The first-order chi connectivity index (χ1) is 6.63. The Morgan fingerprint density at radius 1 is 1.43 bits per heavy atom. The highest BCUT2D eigenvalue weighted by Gasteiger charge is 2.11. The molecule has 0 aliphatic rings. The maximum Gasteiger partial charge on any atom is 0.0587 e. The van der Waals surface area contributed by atoms with Gasteiger partial charge >= 0.3 is 0 Å². The Hall–Kier alpha value is -0.380. The van der Waals surface area contributed by atoms with Gasteiger partial charge in [0.1, 0.15) is 0 Å². The van der Waals surface area contributed by atoms with Crippen molar-refractivity contribution in [1.82, 2.24) is 5.32 Å². The number of hydrogen-bond donors (Lipinski definition) is 2. The molecule has 0 radical (unpaired) electrons. The molecule has 0 aromatic carbocycles. The average molecular weight is 213 g/mol. The molecule has 0 amide bonds. The Morgan fingerprint density at radius 3 is 2.57 bits per heavy atom. The number of aryl methyl sites for hydroxylation is 1. The number of nitrogens with one attached hydrogen (secondary N) is 1. The van der Waals surface area contributed by atoms with E-state index in [0.717, 1.165) is 6.54 Å². The van der Waals surface area contributed by atoms with Gasteiger partial charge in [-0.05, 0) is 25.0 Å². The SMILES string of the molecule is Cc1ccc(CNC(CO)C(C)C)s1. The van der Waals surface area contributed by atoms with Crippen LogP contribution in [0.3, 0.4) is 0 Å². The molecule has 1 atom stereocenters. The van der Waals surface area contributed by atoms with Crippen molar-refractivity contribution in [3.63, 3.8) is 0 Å². The van der Waals surface area contributed by atoms with Crippen molar-refractivity contribution in [3.05, 3.63) is 21.9 Å². The van der Waals surface area contributed by atoms with Gasteiger partial charge in [-0.1, -0.05) is 13.8 Å². The van der Waals surface area contributed by atoms with E-state index in [0.29, 0.717) is 5.92 Å². The summed E-state index contributed by atoms with van der Waals surface area (Å²) >= 11 is 1.81. The summed E-state index contributed by atoms with van der Waals surface area (Å²) in [6.07, 6.45) is 0. The van der Waals surface area contributed by atoms with E-state index in [1.807, 2.05) is 11.3 Å². The zero-order chi connectivity index (χ0) is 10.6. The second kappa shape index (κ2) is 5.49. The molecule has 3 heteroatoms. The average Bonchev–Trinajstić information content (AvgIpc) is 2.52. The lowest BCUT2D eigenvalue weighted by Crippen LogP contribution is -2.36. The Bertz CT molecular complexity index is 270. The molecule has 0 fully saturated rings. The van der Waals surface area contributed by atoms with Crippen molar-refractivity contribution in [1.29, 1.82) is 0 Å². The van der Waals surface area contributed by atoms with Crippen LogP contribution in [0.15, 0.2) is 12.1 Å². The molecule has 0 saturated carbocycles. The summed E-state index contributed by atoms with van der Waals surface area (Å²) in [5.74, 6) is 0.473. The van der Waals surface area contributed by atoms with Crippen molar-refractivity contribution in [2.45, 2.75) is 33.4 Å². The summed E-state index contributed by atoms with van der Waals surface area (Å²) in [6, 6.07) is 4.48. The number of rotatable bonds is 5. The molecule has 1 rings (SSSR count). The van der Waals surface area contributed by atoms with Crippen LogP contribution in [0, 0.1) is 12.8 Å². The van der Waals surface area contributed by atoms with Gasteiger partial charge in [0.05, 0.1) is 6.61 Å². The van der Waals surface area contributed by atoms with Crippen molar-refractivity contribution in [2.75, 3.05) is 6.61 Å². The van der Waals surface area contributed by atoms with Crippen LogP contribution in [-0.4, -0.2) is 17.8 Å². The standard InChI is InChI=1S/C11H19NOS/c1-8(2)11(7-13)12-6-10-5-4-9(3)14-10/h4-5,8,11-13H,6-7H2,1-3H3. The lowest BCUT2D eigenvalue weighted by atomic mass is 10.1. The first-order valence-corrected chi connectivity index (χ1v) is 5.84. The fourth-order valence-electron chi connectivity index (χ4n) is 1.32. The molecule has 0 bridgehead atoms. The fraction of sp³-hybridized carbons (Fsp3) is 0.636.